The number of hydrogen-bond acceptors (Lipinski definition) is 4. The fraction of sp³-hybridized carbons (Fsp3) is 0.364. The average Bonchev–Trinajstić information content (AvgIpc) is 2.75. The first kappa shape index (κ1) is 19.7. The van der Waals surface area contributed by atoms with Gasteiger partial charge in [-0.05, 0) is 42.0 Å². The molecule has 1 heterocycles. The van der Waals surface area contributed by atoms with Crippen molar-refractivity contribution < 1.29 is 14.7 Å². The first-order chi connectivity index (χ1) is 13.6. The van der Waals surface area contributed by atoms with Gasteiger partial charge < -0.3 is 5.11 Å². The van der Waals surface area contributed by atoms with Crippen LogP contribution in [0.3, 0.4) is 0 Å². The van der Waals surface area contributed by atoms with E-state index in [9.17, 15) is 9.59 Å². The molecule has 0 saturated heterocycles. The van der Waals surface area contributed by atoms with E-state index < -0.39 is 5.97 Å². The summed E-state index contributed by atoms with van der Waals surface area (Å²) in [6, 6.07) is 11.4. The van der Waals surface area contributed by atoms with Crippen LogP contribution >= 0.6 is 0 Å². The Morgan fingerprint density at radius 2 is 1.64 bits per heavy atom. The van der Waals surface area contributed by atoms with Gasteiger partial charge in [-0.2, -0.15) is 5.10 Å². The van der Waals surface area contributed by atoms with Crippen molar-refractivity contribution in [3.8, 4) is 0 Å². The fourth-order valence-electron chi connectivity index (χ4n) is 3.56. The Morgan fingerprint density at radius 3 is 2.29 bits per heavy atom. The Bertz CT molecular complexity index is 826. The van der Waals surface area contributed by atoms with Crippen LogP contribution in [0.2, 0.25) is 0 Å². The lowest BCUT2D eigenvalue weighted by Gasteiger charge is -2.22. The Morgan fingerprint density at radius 1 is 0.964 bits per heavy atom. The molecule has 2 N–H and O–H groups in total. The molecule has 3 rings (SSSR count). The number of benzene rings is 1. The zero-order valence-corrected chi connectivity index (χ0v) is 15.8. The van der Waals surface area contributed by atoms with Crippen LogP contribution in [0.4, 0.5) is 0 Å². The minimum atomic E-state index is -0.896. The van der Waals surface area contributed by atoms with Crippen LogP contribution in [0.1, 0.15) is 72.3 Å². The Balaban J connectivity index is 1.74. The van der Waals surface area contributed by atoms with Gasteiger partial charge in [0.25, 0.3) is 5.91 Å². The maximum Gasteiger partial charge on any atom is 0.303 e. The molecule has 0 atom stereocenters. The van der Waals surface area contributed by atoms with Crippen LogP contribution < -0.4 is 5.43 Å². The molecule has 6 nitrogen and oxygen atoms in total. The SMILES string of the molecule is O=C(O)CC/C(=N\NC(=O)c1ccncc1)c1ccc(C2CCCCC2)cc1. The second-order valence-electron chi connectivity index (χ2n) is 7.09. The van der Waals surface area contributed by atoms with E-state index >= 15 is 0 Å². The van der Waals surface area contributed by atoms with Crippen molar-refractivity contribution in [2.24, 2.45) is 5.10 Å². The molecule has 1 aliphatic rings. The number of carboxylic acid groups (broad SMARTS) is 1. The van der Waals surface area contributed by atoms with E-state index in [0.717, 1.165) is 5.56 Å². The normalized spacial score (nSPS) is 15.2. The highest BCUT2D eigenvalue weighted by Crippen LogP contribution is 2.32. The lowest BCUT2D eigenvalue weighted by molar-refractivity contribution is -0.136. The summed E-state index contributed by atoms with van der Waals surface area (Å²) >= 11 is 0. The van der Waals surface area contributed by atoms with Crippen LogP contribution in [0.15, 0.2) is 53.9 Å². The van der Waals surface area contributed by atoms with Gasteiger partial charge in [0.2, 0.25) is 0 Å². The van der Waals surface area contributed by atoms with Crippen LogP contribution in [-0.2, 0) is 4.79 Å². The predicted octanol–water partition coefficient (Wildman–Crippen LogP) is 4.13. The molecule has 1 aromatic carbocycles. The third kappa shape index (κ3) is 5.49. The van der Waals surface area contributed by atoms with Crippen LogP contribution in [-0.4, -0.2) is 27.7 Å². The third-order valence-electron chi connectivity index (χ3n) is 5.13. The second-order valence-corrected chi connectivity index (χ2v) is 7.09. The van der Waals surface area contributed by atoms with Gasteiger partial charge in [0.1, 0.15) is 0 Å². The number of nitrogens with one attached hydrogen (secondary N) is 1. The Kier molecular flexibility index (Phi) is 6.89. The molecular weight excluding hydrogens is 354 g/mol. The van der Waals surface area contributed by atoms with Gasteiger partial charge in [-0.3, -0.25) is 14.6 Å². The maximum atomic E-state index is 12.2. The summed E-state index contributed by atoms with van der Waals surface area (Å²) in [6.45, 7) is 0. The number of rotatable bonds is 7. The van der Waals surface area contributed by atoms with E-state index in [1.807, 2.05) is 12.1 Å². The van der Waals surface area contributed by atoms with Crippen molar-refractivity contribution in [2.45, 2.75) is 50.9 Å². The number of hydrogen-bond donors (Lipinski definition) is 2. The van der Waals surface area contributed by atoms with Gasteiger partial charge in [-0.25, -0.2) is 5.43 Å². The lowest BCUT2D eigenvalue weighted by Crippen LogP contribution is -2.20. The minimum Gasteiger partial charge on any atom is -0.481 e. The smallest absolute Gasteiger partial charge is 0.303 e. The summed E-state index contributed by atoms with van der Waals surface area (Å²) in [7, 11) is 0. The first-order valence-electron chi connectivity index (χ1n) is 9.72. The number of nitrogens with zero attached hydrogens (tertiary/aromatic N) is 2. The molecule has 1 fully saturated rings. The van der Waals surface area contributed by atoms with Gasteiger partial charge >= 0.3 is 5.97 Å². The van der Waals surface area contributed by atoms with E-state index in [4.69, 9.17) is 5.11 Å². The van der Waals surface area contributed by atoms with Crippen LogP contribution in [0.5, 0.6) is 0 Å². The zero-order chi connectivity index (χ0) is 19.8. The summed E-state index contributed by atoms with van der Waals surface area (Å²) in [5.41, 5.74) is 5.68. The van der Waals surface area contributed by atoms with E-state index in [1.54, 1.807) is 12.1 Å². The highest BCUT2D eigenvalue weighted by atomic mass is 16.4. The van der Waals surface area contributed by atoms with Crippen molar-refractivity contribution in [1.82, 2.24) is 10.4 Å². The van der Waals surface area contributed by atoms with E-state index in [0.29, 0.717) is 17.2 Å². The number of aromatic nitrogens is 1. The largest absolute Gasteiger partial charge is 0.481 e. The summed E-state index contributed by atoms with van der Waals surface area (Å²) in [6.07, 6.45) is 9.59. The van der Waals surface area contributed by atoms with Gasteiger partial charge in [0, 0.05) is 24.4 Å². The van der Waals surface area contributed by atoms with Crippen LogP contribution in [0, 0.1) is 0 Å². The molecule has 1 aromatic heterocycles. The molecule has 0 unspecified atom stereocenters. The Labute approximate surface area is 164 Å². The third-order valence-corrected chi connectivity index (χ3v) is 5.13. The van der Waals surface area contributed by atoms with Gasteiger partial charge in [-0.15, -0.1) is 0 Å². The van der Waals surface area contributed by atoms with Gasteiger partial charge in [0.15, 0.2) is 0 Å². The summed E-state index contributed by atoms with van der Waals surface area (Å²) in [5, 5.41) is 13.2. The van der Waals surface area contributed by atoms with Crippen molar-refractivity contribution in [2.75, 3.05) is 0 Å². The monoisotopic (exact) mass is 379 g/mol. The number of carbonyl (C=O) groups is 2. The second kappa shape index (κ2) is 9.78. The van der Waals surface area contributed by atoms with E-state index in [1.165, 1.54) is 50.1 Å². The average molecular weight is 379 g/mol. The highest BCUT2D eigenvalue weighted by Gasteiger charge is 2.16. The first-order valence-corrected chi connectivity index (χ1v) is 9.72. The number of aliphatic carboxylic acids is 1. The molecule has 0 bridgehead atoms. The predicted molar refractivity (Wildman–Crippen MR) is 107 cm³/mol. The number of pyridine rings is 1. The summed E-state index contributed by atoms with van der Waals surface area (Å²) in [5.74, 6) is -0.644. The fourth-order valence-corrected chi connectivity index (χ4v) is 3.56. The van der Waals surface area contributed by atoms with Crippen molar-refractivity contribution in [3.63, 3.8) is 0 Å². The van der Waals surface area contributed by atoms with E-state index in [-0.39, 0.29) is 18.7 Å². The number of amides is 1. The molecule has 0 radical (unpaired) electrons. The van der Waals surface area contributed by atoms with Gasteiger partial charge in [-0.1, -0.05) is 43.5 Å². The van der Waals surface area contributed by atoms with Crippen molar-refractivity contribution >= 4 is 17.6 Å². The summed E-state index contributed by atoms with van der Waals surface area (Å²) < 4.78 is 0. The highest BCUT2D eigenvalue weighted by molar-refractivity contribution is 6.03. The molecular formula is C22H25N3O3. The molecule has 2 aromatic rings. The molecule has 1 saturated carbocycles. The number of hydrazone groups is 1. The molecule has 146 valence electrons. The van der Waals surface area contributed by atoms with E-state index in [2.05, 4.69) is 27.6 Å². The van der Waals surface area contributed by atoms with Crippen molar-refractivity contribution in [3.05, 3.63) is 65.5 Å². The molecule has 0 spiro atoms. The minimum absolute atomic E-state index is 0.0473. The summed E-state index contributed by atoms with van der Waals surface area (Å²) in [4.78, 5) is 27.1. The standard InChI is InChI=1S/C22H25N3O3/c26-21(27)11-10-20(24-25-22(28)19-12-14-23-15-13-19)18-8-6-17(7-9-18)16-4-2-1-3-5-16/h6-9,12-16H,1-5,10-11H2,(H,25,28)(H,26,27)/b24-20+. The van der Waals surface area contributed by atoms with Crippen LogP contribution in [0.25, 0.3) is 0 Å². The molecule has 1 amide bonds. The topological polar surface area (TPSA) is 91.6 Å². The number of carboxylic acids is 1. The quantitative estimate of drug-likeness (QED) is 0.559. The molecule has 6 heteroatoms. The molecule has 1 aliphatic carbocycles. The zero-order valence-electron chi connectivity index (χ0n) is 15.8. The van der Waals surface area contributed by atoms with Gasteiger partial charge in [0.05, 0.1) is 12.1 Å². The molecule has 28 heavy (non-hydrogen) atoms. The lowest BCUT2D eigenvalue weighted by atomic mass is 9.84. The molecule has 0 aliphatic heterocycles. The maximum absolute atomic E-state index is 12.2. The Hall–Kier alpha value is -3.02. The van der Waals surface area contributed by atoms with Crippen molar-refractivity contribution in [1.29, 1.82) is 0 Å². The number of carbonyl (C=O) groups excluding carboxylic acids is 1.